The molecule has 0 atom stereocenters. The molecular formula is C49H33NO. The molecule has 0 saturated heterocycles. The van der Waals surface area contributed by atoms with Gasteiger partial charge in [0.1, 0.15) is 11.2 Å². The summed E-state index contributed by atoms with van der Waals surface area (Å²) < 4.78 is 8.73. The number of hydrogen-bond donors (Lipinski definition) is 0. The van der Waals surface area contributed by atoms with Crippen molar-refractivity contribution in [3.8, 4) is 39.1 Å². The van der Waals surface area contributed by atoms with Gasteiger partial charge in [0.2, 0.25) is 0 Å². The molecule has 8 aromatic carbocycles. The van der Waals surface area contributed by atoms with Crippen molar-refractivity contribution in [2.45, 2.75) is 19.3 Å². The van der Waals surface area contributed by atoms with Crippen LogP contribution in [0.25, 0.3) is 93.5 Å². The summed E-state index contributed by atoms with van der Waals surface area (Å²) in [5, 5.41) is 8.58. The summed E-state index contributed by atoms with van der Waals surface area (Å²) in [5.41, 5.74) is 14.5. The van der Waals surface area contributed by atoms with Crippen LogP contribution in [-0.2, 0) is 5.41 Å². The second kappa shape index (κ2) is 10.3. The van der Waals surface area contributed by atoms with Gasteiger partial charge in [-0.2, -0.15) is 0 Å². The molecule has 2 aromatic heterocycles. The minimum absolute atomic E-state index is 0.149. The summed E-state index contributed by atoms with van der Waals surface area (Å²) in [6.07, 6.45) is 0. The van der Waals surface area contributed by atoms with E-state index in [1.807, 2.05) is 6.07 Å². The summed E-state index contributed by atoms with van der Waals surface area (Å²) in [4.78, 5) is 0. The van der Waals surface area contributed by atoms with Crippen LogP contribution in [0.4, 0.5) is 0 Å². The number of benzene rings is 8. The molecule has 10 aromatic rings. The first-order chi connectivity index (χ1) is 25.1. The lowest BCUT2D eigenvalue weighted by molar-refractivity contribution is 0.624. The van der Waals surface area contributed by atoms with E-state index in [0.717, 1.165) is 21.9 Å². The largest absolute Gasteiger partial charge is 0.456 e. The number of nitrogens with zero attached hydrogens (tertiary/aromatic N) is 1. The zero-order chi connectivity index (χ0) is 33.8. The molecule has 1 aliphatic carbocycles. The lowest BCUT2D eigenvalue weighted by atomic mass is 9.85. The Morgan fingerprint density at radius 2 is 0.961 bits per heavy atom. The Hall–Kier alpha value is -6.38. The average Bonchev–Trinajstić information content (AvgIpc) is 3.80. The van der Waals surface area contributed by atoms with E-state index in [1.165, 1.54) is 82.8 Å². The van der Waals surface area contributed by atoms with Gasteiger partial charge < -0.3 is 8.98 Å². The Bertz CT molecular complexity index is 2990. The van der Waals surface area contributed by atoms with Gasteiger partial charge in [-0.1, -0.05) is 135 Å². The second-order valence-electron chi connectivity index (χ2n) is 14.4. The molecule has 2 heteroatoms. The highest BCUT2D eigenvalue weighted by Crippen LogP contribution is 2.54. The third kappa shape index (κ3) is 3.88. The van der Waals surface area contributed by atoms with Crippen LogP contribution in [-0.4, -0.2) is 4.57 Å². The molecule has 0 aliphatic heterocycles. The van der Waals surface area contributed by atoms with E-state index in [-0.39, 0.29) is 5.41 Å². The number of aromatic nitrogens is 1. The summed E-state index contributed by atoms with van der Waals surface area (Å²) in [6, 6.07) is 59.9. The van der Waals surface area contributed by atoms with Crippen molar-refractivity contribution in [2.75, 3.05) is 0 Å². The Kier molecular flexibility index (Phi) is 5.76. The zero-order valence-electron chi connectivity index (χ0n) is 28.4. The predicted molar refractivity (Wildman–Crippen MR) is 214 cm³/mol. The Balaban J connectivity index is 1.22. The topological polar surface area (TPSA) is 18.1 Å². The first kappa shape index (κ1) is 28.5. The first-order valence-electron chi connectivity index (χ1n) is 17.8. The van der Waals surface area contributed by atoms with Crippen LogP contribution in [0, 0.1) is 0 Å². The highest BCUT2D eigenvalue weighted by Gasteiger charge is 2.40. The molecule has 11 rings (SSSR count). The zero-order valence-corrected chi connectivity index (χ0v) is 28.4. The molecule has 0 amide bonds. The van der Waals surface area contributed by atoms with E-state index < -0.39 is 0 Å². The number of rotatable bonds is 3. The molecule has 0 fully saturated rings. The SMILES string of the molecule is CC1(C)c2ccccc2-c2c1n(-c1ccccc1)c1ccc(-c3c4ccccc4c(-c4ccc5oc6ccccc6c5c4)c4ccccc34)cc21. The molecule has 2 nitrogen and oxygen atoms in total. The standard InChI is InChI=1S/C49H33NO/c1-49(2)41-22-12-10-21-38(41)47-40-29-30(24-26-42(40)50(48(47)49)32-14-4-3-5-15-32)45-34-17-6-8-19-36(34)46(37-20-9-7-18-35(37)45)31-25-27-44-39(28-31)33-16-11-13-23-43(33)51-44/h3-29H,1-2H3. The van der Waals surface area contributed by atoms with E-state index in [1.54, 1.807) is 0 Å². The summed E-state index contributed by atoms with van der Waals surface area (Å²) >= 11 is 0. The number of hydrogen-bond acceptors (Lipinski definition) is 1. The van der Waals surface area contributed by atoms with Gasteiger partial charge in [-0.3, -0.25) is 0 Å². The van der Waals surface area contributed by atoms with E-state index in [0.29, 0.717) is 0 Å². The first-order valence-corrected chi connectivity index (χ1v) is 17.8. The molecule has 1 aliphatic rings. The summed E-state index contributed by atoms with van der Waals surface area (Å²) in [5.74, 6) is 0. The molecular weight excluding hydrogens is 619 g/mol. The van der Waals surface area contributed by atoms with Gasteiger partial charge >= 0.3 is 0 Å². The van der Waals surface area contributed by atoms with E-state index in [4.69, 9.17) is 4.42 Å². The van der Waals surface area contributed by atoms with E-state index in [2.05, 4.69) is 176 Å². The maximum atomic E-state index is 6.23. The highest BCUT2D eigenvalue weighted by atomic mass is 16.3. The van der Waals surface area contributed by atoms with Gasteiger partial charge in [-0.25, -0.2) is 0 Å². The third-order valence-corrected chi connectivity index (χ3v) is 11.3. The van der Waals surface area contributed by atoms with E-state index in [9.17, 15) is 0 Å². The lowest BCUT2D eigenvalue weighted by Crippen LogP contribution is -2.19. The van der Waals surface area contributed by atoms with Gasteiger partial charge in [0.25, 0.3) is 0 Å². The average molecular weight is 652 g/mol. The van der Waals surface area contributed by atoms with Gasteiger partial charge in [0, 0.05) is 38.5 Å². The van der Waals surface area contributed by atoms with Gasteiger partial charge in [-0.05, 0) is 97.4 Å². The molecule has 0 unspecified atom stereocenters. The summed E-state index contributed by atoms with van der Waals surface area (Å²) in [6.45, 7) is 4.75. The van der Waals surface area contributed by atoms with Crippen molar-refractivity contribution in [3.63, 3.8) is 0 Å². The van der Waals surface area contributed by atoms with Crippen LogP contribution < -0.4 is 0 Å². The maximum Gasteiger partial charge on any atom is 0.135 e. The summed E-state index contributed by atoms with van der Waals surface area (Å²) in [7, 11) is 0. The van der Waals surface area contributed by atoms with Crippen LogP contribution >= 0.6 is 0 Å². The normalized spacial score (nSPS) is 13.5. The highest BCUT2D eigenvalue weighted by molar-refractivity contribution is 6.23. The van der Waals surface area contributed by atoms with E-state index >= 15 is 0 Å². The smallest absolute Gasteiger partial charge is 0.135 e. The third-order valence-electron chi connectivity index (χ3n) is 11.3. The fourth-order valence-corrected chi connectivity index (χ4v) is 9.16. The van der Waals surface area contributed by atoms with Gasteiger partial charge in [0.15, 0.2) is 0 Å². The van der Waals surface area contributed by atoms with Gasteiger partial charge in [0.05, 0.1) is 5.52 Å². The minimum atomic E-state index is -0.149. The number of fused-ring (bicyclic) bond motifs is 10. The maximum absolute atomic E-state index is 6.23. The molecule has 2 heterocycles. The molecule has 0 spiro atoms. The van der Waals surface area contributed by atoms with Crippen molar-refractivity contribution in [3.05, 3.63) is 175 Å². The molecule has 0 radical (unpaired) electrons. The molecule has 0 saturated carbocycles. The van der Waals surface area contributed by atoms with Crippen molar-refractivity contribution in [1.82, 2.24) is 4.57 Å². The minimum Gasteiger partial charge on any atom is -0.456 e. The van der Waals surface area contributed by atoms with Gasteiger partial charge in [-0.15, -0.1) is 0 Å². The Morgan fingerprint density at radius 3 is 1.65 bits per heavy atom. The van der Waals surface area contributed by atoms with Crippen LogP contribution in [0.2, 0.25) is 0 Å². The predicted octanol–water partition coefficient (Wildman–Crippen LogP) is 13.5. The number of furan rings is 1. The monoisotopic (exact) mass is 651 g/mol. The van der Waals surface area contributed by atoms with Crippen LogP contribution in [0.5, 0.6) is 0 Å². The fourth-order valence-electron chi connectivity index (χ4n) is 9.16. The van der Waals surface area contributed by atoms with Crippen molar-refractivity contribution >= 4 is 54.4 Å². The second-order valence-corrected chi connectivity index (χ2v) is 14.4. The lowest BCUT2D eigenvalue weighted by Gasteiger charge is -2.24. The number of para-hydroxylation sites is 2. The Morgan fingerprint density at radius 1 is 0.431 bits per heavy atom. The van der Waals surface area contributed by atoms with Crippen LogP contribution in [0.1, 0.15) is 25.1 Å². The molecule has 0 bridgehead atoms. The molecule has 240 valence electrons. The van der Waals surface area contributed by atoms with Crippen molar-refractivity contribution < 1.29 is 4.42 Å². The van der Waals surface area contributed by atoms with Crippen LogP contribution in [0.3, 0.4) is 0 Å². The fraction of sp³-hybridized carbons (Fsp3) is 0.0612. The van der Waals surface area contributed by atoms with Crippen LogP contribution in [0.15, 0.2) is 168 Å². The molecule has 51 heavy (non-hydrogen) atoms. The van der Waals surface area contributed by atoms with Crippen molar-refractivity contribution in [1.29, 1.82) is 0 Å². The van der Waals surface area contributed by atoms with Crippen molar-refractivity contribution in [2.24, 2.45) is 0 Å². The quantitative estimate of drug-likeness (QED) is 0.174. The Labute approximate surface area is 295 Å². The molecule has 0 N–H and O–H groups in total.